The van der Waals surface area contributed by atoms with Crippen molar-refractivity contribution in [1.82, 2.24) is 0 Å². The van der Waals surface area contributed by atoms with Crippen molar-refractivity contribution in [3.05, 3.63) is 0 Å². The van der Waals surface area contributed by atoms with E-state index in [9.17, 15) is 0 Å². The summed E-state index contributed by atoms with van der Waals surface area (Å²) >= 11 is 0. The first kappa shape index (κ1) is 71.4. The van der Waals surface area contributed by atoms with E-state index in [1.165, 1.54) is 0 Å². The van der Waals surface area contributed by atoms with Crippen LogP contribution in [0, 0.1) is 0 Å². The summed E-state index contributed by atoms with van der Waals surface area (Å²) in [6.07, 6.45) is 0. The number of hydrogen-bond acceptors (Lipinski definition) is 8. The van der Waals surface area contributed by atoms with Crippen molar-refractivity contribution in [2.45, 2.75) is 0 Å². The van der Waals surface area contributed by atoms with Crippen LogP contribution in [-0.2, 0) is 60.3 Å². The fourth-order valence-corrected chi connectivity index (χ4v) is 0. The fourth-order valence-electron chi connectivity index (χ4n) is 0. The van der Waals surface area contributed by atoms with Crippen LogP contribution in [0.1, 0.15) is 17.1 Å². The Kier molecular flexibility index (Phi) is 152. The van der Waals surface area contributed by atoms with Gasteiger partial charge in [-0.1, -0.05) is 0 Å². The molecule has 3 radical (unpaired) electrons. The van der Waals surface area contributed by atoms with Crippen LogP contribution in [0.5, 0.6) is 0 Å². The summed E-state index contributed by atoms with van der Waals surface area (Å²) in [4.78, 5) is 51.3. The summed E-state index contributed by atoms with van der Waals surface area (Å²) in [5.41, 5.74) is 0. The summed E-state index contributed by atoms with van der Waals surface area (Å²) < 4.78 is 17.1. The van der Waals surface area contributed by atoms with Gasteiger partial charge in [-0.15, -0.1) is 0 Å². The van der Waals surface area contributed by atoms with Gasteiger partial charge in [0.15, 0.2) is 0 Å². The second-order valence-corrected chi connectivity index (χ2v) is 2.68. The molecule has 0 spiro atoms. The van der Waals surface area contributed by atoms with E-state index in [0.717, 1.165) is 0 Å². The normalized spacial score (nSPS) is 6.21. The molecule has 0 aliphatic heterocycles. The van der Waals surface area contributed by atoms with Gasteiger partial charge < -0.3 is 55.6 Å². The Balaban J connectivity index is -0.00000000117. The van der Waals surface area contributed by atoms with E-state index in [2.05, 4.69) is 0 Å². The zero-order chi connectivity index (χ0) is 9.00. The van der Waals surface area contributed by atoms with Crippen LogP contribution in [0.4, 0.5) is 0 Å². The van der Waals surface area contributed by atoms with Crippen molar-refractivity contribution in [3.63, 3.8) is 0 Å². The maximum atomic E-state index is 8.55. The molecule has 0 bridgehead atoms. The molecule has 0 aliphatic carbocycles. The molecule has 0 fully saturated rings. The first-order valence-corrected chi connectivity index (χ1v) is 4.38. The van der Waals surface area contributed by atoms with E-state index in [1.807, 2.05) is 0 Å². The molecule has 19 heavy (non-hydrogen) atoms. The van der Waals surface area contributed by atoms with Crippen LogP contribution in [-0.4, -0.2) is 182 Å². The molecule has 0 amide bonds. The van der Waals surface area contributed by atoms with E-state index < -0.39 is 15.6 Å². The van der Waals surface area contributed by atoms with Gasteiger partial charge in [0, 0.05) is 0 Å². The van der Waals surface area contributed by atoms with Gasteiger partial charge in [-0.3, -0.25) is 0 Å². The Morgan fingerprint density at radius 2 is 0.526 bits per heavy atom. The zero-order valence-electron chi connectivity index (χ0n) is 21.5. The van der Waals surface area contributed by atoms with Crippen molar-refractivity contribution in [2.75, 3.05) is 0 Å². The molecule has 0 unspecified atom stereocenters. The molecule has 0 aromatic carbocycles. The van der Waals surface area contributed by atoms with Crippen molar-refractivity contribution >= 4 is 198 Å². The van der Waals surface area contributed by atoms with Crippen molar-refractivity contribution in [3.8, 4) is 0 Å². The van der Waals surface area contributed by atoms with E-state index in [4.69, 9.17) is 38.5 Å². The third-order valence-electron chi connectivity index (χ3n) is 0. The maximum absolute atomic E-state index is 8.55. The van der Waals surface area contributed by atoms with Crippen LogP contribution in [0.3, 0.4) is 0 Å². The Morgan fingerprint density at radius 3 is 0.526 bits per heavy atom. The molecule has 0 saturated carbocycles. The van der Waals surface area contributed by atoms with Gasteiger partial charge in [0.05, 0.1) is 0 Å². The quantitative estimate of drug-likeness (QED) is 0.208. The molecule has 0 aromatic heterocycles. The SMILES string of the molecule is O=P([O-])([O-])[O-].O=P([O-])([O-])[O-].[Ca+2].[Ca+2].[Ca+2].[H-].[H-].[H-].[H-].[H-].[H-].[H-].[H-].[H-].[H-].[H-].[H-].[Mg+2].[Mg+2].[Mg+2].[Mn+2].[Mn+2].[Mn+2]. The zero-order valence-corrected chi connectivity index (χ0v) is 25.7. The molecule has 8 nitrogen and oxygen atoms in total. The Labute approximate surface area is 298 Å². The monoisotopic (exact) mass is 559 g/mol. The van der Waals surface area contributed by atoms with Gasteiger partial charge in [-0.25, -0.2) is 0 Å². The van der Waals surface area contributed by atoms with Crippen molar-refractivity contribution in [2.24, 2.45) is 0 Å². The first-order chi connectivity index (χ1) is 4.00. The molecule has 0 N–H and O–H groups in total. The van der Waals surface area contributed by atoms with Gasteiger partial charge in [-0.2, -0.15) is 15.6 Å². The minimum atomic E-state index is -5.39. The molecule has 0 rings (SSSR count). The van der Waals surface area contributed by atoms with Crippen LogP contribution in [0.15, 0.2) is 0 Å². The van der Waals surface area contributed by atoms with Crippen LogP contribution in [0.2, 0.25) is 0 Å². The number of hydrogen-bond donors (Lipinski definition) is 0. The molecule has 0 saturated heterocycles. The van der Waals surface area contributed by atoms with Crippen LogP contribution < -0.4 is 29.4 Å². The molecule has 0 atom stereocenters. The second-order valence-electron chi connectivity index (χ2n) is 0.894. The van der Waals surface area contributed by atoms with E-state index >= 15 is 0 Å². The summed E-state index contributed by atoms with van der Waals surface area (Å²) in [7, 11) is -10.8. The fraction of sp³-hybridized carbons (Fsp3) is 0. The molecule has 0 aliphatic rings. The predicted octanol–water partition coefficient (Wildman–Crippen LogP) is -6.59. The van der Waals surface area contributed by atoms with Gasteiger partial charge in [0.25, 0.3) is 0 Å². The molecule has 103 valence electrons. The summed E-state index contributed by atoms with van der Waals surface area (Å²) in [6.45, 7) is 0. The molecule has 0 aromatic rings. The van der Waals surface area contributed by atoms with Gasteiger partial charge >= 0.3 is 234 Å². The Hall–Kier alpha value is 7.86. The van der Waals surface area contributed by atoms with Gasteiger partial charge in [0.1, 0.15) is 0 Å². The van der Waals surface area contributed by atoms with Crippen LogP contribution >= 0.6 is 15.6 Å². The van der Waals surface area contributed by atoms with Gasteiger partial charge in [-0.05, 0) is 0 Å². The standard InChI is InChI=1S/3Ca.3Mg.3Mn.2H3O4P.12H/c;;;;;;;;;2*1-5(2,3)4;;;;;;;;;;;;/h;;;;;;;;;2*(H3,1,2,3,4);;;;;;;;;;;;/q9*+2;;;12*-1/p-6. The van der Waals surface area contributed by atoms with Crippen molar-refractivity contribution < 1.29 is 107 Å². The average molecular weight is 560 g/mol. The average Bonchev–Trinajstić information content (AvgIpc) is 1.12. The van der Waals surface area contributed by atoms with E-state index in [-0.39, 0.29) is 251 Å². The summed E-state index contributed by atoms with van der Waals surface area (Å²) in [5, 5.41) is 0. The smallest absolute Gasteiger partial charge is 1.00 e. The number of rotatable bonds is 0. The third kappa shape index (κ3) is 238. The molecule has 19 heteroatoms. The van der Waals surface area contributed by atoms with E-state index in [0.29, 0.717) is 0 Å². The predicted molar refractivity (Wildman–Crippen MR) is 63.1 cm³/mol. The largest absolute Gasteiger partial charge is 2.00 e. The summed E-state index contributed by atoms with van der Waals surface area (Å²) in [6, 6.07) is 0. The van der Waals surface area contributed by atoms with E-state index in [1.54, 1.807) is 0 Å². The summed E-state index contributed by atoms with van der Waals surface area (Å²) in [5.74, 6) is 0. The Bertz CT molecular complexity index is 183. The first-order valence-electron chi connectivity index (χ1n) is 1.46. The molecule has 0 heterocycles. The number of phosphoric acid groups is 2. The Morgan fingerprint density at radius 1 is 0.526 bits per heavy atom. The second kappa shape index (κ2) is 40.5. The van der Waals surface area contributed by atoms with Crippen LogP contribution in [0.25, 0.3) is 0 Å². The maximum Gasteiger partial charge on any atom is 2.00 e. The molecular weight excluding hydrogens is 548 g/mol. The topological polar surface area (TPSA) is 172 Å². The minimum Gasteiger partial charge on any atom is -1.00 e. The minimum absolute atomic E-state index is 0. The third-order valence-corrected chi connectivity index (χ3v) is 0. The van der Waals surface area contributed by atoms with Gasteiger partial charge in [0.2, 0.25) is 0 Å². The molecular formula is H12Ca3Mg3Mn3O8P2. The van der Waals surface area contributed by atoms with Crippen molar-refractivity contribution in [1.29, 1.82) is 0 Å².